The molecule has 130 valence electrons. The van der Waals surface area contributed by atoms with Crippen molar-refractivity contribution in [3.63, 3.8) is 0 Å². The monoisotopic (exact) mass is 349 g/mol. The Labute approximate surface area is 148 Å². The second-order valence-electron chi connectivity index (χ2n) is 5.62. The predicted octanol–water partition coefficient (Wildman–Crippen LogP) is 1.51. The number of anilines is 3. The lowest BCUT2D eigenvalue weighted by Crippen LogP contribution is -2.28. The Kier molecular flexibility index (Phi) is 3.78. The van der Waals surface area contributed by atoms with Gasteiger partial charge in [-0.25, -0.2) is 4.98 Å². The van der Waals surface area contributed by atoms with Crippen molar-refractivity contribution in [3.05, 3.63) is 41.6 Å². The molecule has 1 aromatic carbocycles. The minimum atomic E-state index is -0.279. The number of nitrogens with one attached hydrogen (secondary N) is 3. The van der Waals surface area contributed by atoms with Gasteiger partial charge in [0.25, 0.3) is 5.91 Å². The van der Waals surface area contributed by atoms with Crippen molar-refractivity contribution in [2.75, 3.05) is 30.8 Å². The lowest BCUT2D eigenvalue weighted by atomic mass is 10.2. The number of aromatic nitrogens is 3. The van der Waals surface area contributed by atoms with E-state index in [1.54, 1.807) is 35.8 Å². The molecule has 26 heavy (non-hydrogen) atoms. The van der Waals surface area contributed by atoms with Crippen LogP contribution in [0.2, 0.25) is 0 Å². The number of carbonyl (C=O) groups is 1. The van der Waals surface area contributed by atoms with Gasteiger partial charge in [0, 0.05) is 19.2 Å². The summed E-state index contributed by atoms with van der Waals surface area (Å²) in [5, 5.41) is 22.6. The van der Waals surface area contributed by atoms with Crippen LogP contribution >= 0.6 is 0 Å². The van der Waals surface area contributed by atoms with E-state index in [2.05, 4.69) is 32.1 Å². The first-order valence-corrected chi connectivity index (χ1v) is 7.98. The fraction of sp³-hybridized carbons (Fsp3) is 0.176. The van der Waals surface area contributed by atoms with Crippen molar-refractivity contribution in [1.82, 2.24) is 19.9 Å². The summed E-state index contributed by atoms with van der Waals surface area (Å²) in [5.74, 6) is 1.44. The van der Waals surface area contributed by atoms with Gasteiger partial charge in [0.05, 0.1) is 24.0 Å². The van der Waals surface area contributed by atoms with Gasteiger partial charge < -0.3 is 20.7 Å². The normalized spacial score (nSPS) is 13.5. The first kappa shape index (κ1) is 15.7. The fourth-order valence-corrected chi connectivity index (χ4v) is 2.75. The van der Waals surface area contributed by atoms with E-state index in [4.69, 9.17) is 4.74 Å². The molecule has 3 N–H and O–H groups in total. The van der Waals surface area contributed by atoms with Gasteiger partial charge in [-0.1, -0.05) is 0 Å². The number of fused-ring (bicyclic) bond motifs is 3. The second kappa shape index (κ2) is 6.25. The molecule has 4 rings (SSSR count). The van der Waals surface area contributed by atoms with Crippen molar-refractivity contribution < 1.29 is 9.53 Å². The highest BCUT2D eigenvalue weighted by Gasteiger charge is 2.18. The summed E-state index contributed by atoms with van der Waals surface area (Å²) in [4.78, 5) is 16.9. The minimum absolute atomic E-state index is 0.279. The summed E-state index contributed by atoms with van der Waals surface area (Å²) in [6.07, 6.45) is 1.48. The molecule has 1 amide bonds. The highest BCUT2D eigenvalue weighted by atomic mass is 16.5. The number of hydrogen-bond donors (Lipinski definition) is 3. The summed E-state index contributed by atoms with van der Waals surface area (Å²) in [6.45, 7) is 0.631. The largest absolute Gasteiger partial charge is 0.492 e. The fourth-order valence-electron chi connectivity index (χ4n) is 2.75. The van der Waals surface area contributed by atoms with Gasteiger partial charge in [-0.15, -0.1) is 0 Å². The quantitative estimate of drug-likeness (QED) is 0.610. The lowest BCUT2D eigenvalue weighted by Gasteiger charge is -2.12. The van der Waals surface area contributed by atoms with Crippen LogP contribution in [-0.4, -0.2) is 40.7 Å². The molecular weight excluding hydrogens is 334 g/mol. The maximum atomic E-state index is 12.4. The summed E-state index contributed by atoms with van der Waals surface area (Å²) in [7, 11) is 1.75. The molecule has 0 saturated heterocycles. The molecule has 3 heterocycles. The topological polar surface area (TPSA) is 116 Å². The third kappa shape index (κ3) is 2.63. The van der Waals surface area contributed by atoms with Gasteiger partial charge in [0.15, 0.2) is 5.65 Å². The Balaban J connectivity index is 1.91. The Morgan fingerprint density at radius 1 is 1.38 bits per heavy atom. The van der Waals surface area contributed by atoms with Crippen LogP contribution in [-0.2, 0) is 0 Å². The number of amides is 1. The Hall–Kier alpha value is -3.80. The van der Waals surface area contributed by atoms with Crippen molar-refractivity contribution in [2.45, 2.75) is 0 Å². The second-order valence-corrected chi connectivity index (χ2v) is 5.62. The zero-order valence-electron chi connectivity index (χ0n) is 13.9. The molecule has 1 aliphatic heterocycles. The molecular formula is C17H15N7O2. The summed E-state index contributed by atoms with van der Waals surface area (Å²) in [5.41, 5.74) is 1.80. The van der Waals surface area contributed by atoms with E-state index in [9.17, 15) is 10.1 Å². The molecule has 0 radical (unpaired) electrons. The highest BCUT2D eigenvalue weighted by Crippen LogP contribution is 2.27. The number of nitrogens with zero attached hydrogens (tertiary/aromatic N) is 4. The molecule has 0 saturated carbocycles. The van der Waals surface area contributed by atoms with Crippen molar-refractivity contribution in [3.8, 4) is 11.8 Å². The number of rotatable bonds is 1. The molecule has 1 aliphatic rings. The molecule has 9 heteroatoms. The Bertz CT molecular complexity index is 1050. The van der Waals surface area contributed by atoms with E-state index in [1.807, 2.05) is 0 Å². The van der Waals surface area contributed by atoms with Gasteiger partial charge in [0.1, 0.15) is 35.6 Å². The number of benzene rings is 1. The molecule has 3 aromatic rings. The van der Waals surface area contributed by atoms with E-state index in [-0.39, 0.29) is 5.91 Å². The van der Waals surface area contributed by atoms with Gasteiger partial charge in [-0.05, 0) is 12.1 Å². The van der Waals surface area contributed by atoms with Crippen LogP contribution in [0.1, 0.15) is 15.9 Å². The number of carbonyl (C=O) groups excluding carboxylic acids is 1. The maximum Gasteiger partial charge on any atom is 0.256 e. The van der Waals surface area contributed by atoms with E-state index >= 15 is 0 Å². The van der Waals surface area contributed by atoms with Crippen LogP contribution < -0.4 is 20.7 Å². The van der Waals surface area contributed by atoms with Crippen molar-refractivity contribution in [1.29, 1.82) is 5.26 Å². The third-order valence-electron chi connectivity index (χ3n) is 4.00. The number of nitriles is 1. The van der Waals surface area contributed by atoms with Gasteiger partial charge >= 0.3 is 0 Å². The molecule has 0 spiro atoms. The molecule has 0 aliphatic carbocycles. The number of ether oxygens (including phenoxy) is 1. The van der Waals surface area contributed by atoms with Crippen LogP contribution in [0.5, 0.6) is 5.75 Å². The SMILES string of the molecule is CNc1cc2nc3c(cnn13)C(=O)NCCOc1ccc(C#N)c(c1)N2. The summed E-state index contributed by atoms with van der Waals surface area (Å²) < 4.78 is 7.20. The first-order valence-electron chi connectivity index (χ1n) is 7.98. The zero-order chi connectivity index (χ0) is 18.1. The van der Waals surface area contributed by atoms with E-state index in [0.29, 0.717) is 53.0 Å². The molecule has 9 nitrogen and oxygen atoms in total. The van der Waals surface area contributed by atoms with Crippen LogP contribution in [0.3, 0.4) is 0 Å². The third-order valence-corrected chi connectivity index (χ3v) is 4.00. The van der Waals surface area contributed by atoms with Crippen LogP contribution in [0, 0.1) is 11.3 Å². The summed E-state index contributed by atoms with van der Waals surface area (Å²) >= 11 is 0. The number of hydrogen-bond acceptors (Lipinski definition) is 7. The molecule has 0 unspecified atom stereocenters. The average Bonchev–Trinajstić information content (AvgIpc) is 3.08. The predicted molar refractivity (Wildman–Crippen MR) is 94.8 cm³/mol. The maximum absolute atomic E-state index is 12.4. The zero-order valence-corrected chi connectivity index (χ0v) is 13.9. The Morgan fingerprint density at radius 2 is 2.27 bits per heavy atom. The van der Waals surface area contributed by atoms with Crippen LogP contribution in [0.4, 0.5) is 17.3 Å². The van der Waals surface area contributed by atoms with Crippen molar-refractivity contribution in [2.24, 2.45) is 0 Å². The van der Waals surface area contributed by atoms with Gasteiger partial charge in [-0.3, -0.25) is 4.79 Å². The van der Waals surface area contributed by atoms with Crippen LogP contribution in [0.15, 0.2) is 30.5 Å². The van der Waals surface area contributed by atoms with E-state index in [1.165, 1.54) is 6.20 Å². The minimum Gasteiger partial charge on any atom is -0.492 e. The van der Waals surface area contributed by atoms with Gasteiger partial charge in [0.2, 0.25) is 0 Å². The van der Waals surface area contributed by atoms with E-state index in [0.717, 1.165) is 0 Å². The first-order chi connectivity index (χ1) is 12.7. The standard InChI is InChI=1S/C17H15N7O2/c1-19-15-7-14-22-13-6-11(3-2-10(13)8-18)26-5-4-20-17(25)12-9-21-24(15)16(12)23-14/h2-3,6-7,9,19H,4-5H2,1H3,(H,20,25)(H,22,23). The molecule has 0 fully saturated rings. The summed E-state index contributed by atoms with van der Waals surface area (Å²) in [6, 6.07) is 9.02. The van der Waals surface area contributed by atoms with E-state index < -0.39 is 0 Å². The molecule has 4 bridgehead atoms. The average molecular weight is 349 g/mol. The molecule has 0 atom stereocenters. The lowest BCUT2D eigenvalue weighted by molar-refractivity contribution is 0.0948. The smallest absolute Gasteiger partial charge is 0.256 e. The van der Waals surface area contributed by atoms with Gasteiger partial charge in [-0.2, -0.15) is 14.9 Å². The molecule has 2 aromatic heterocycles. The van der Waals surface area contributed by atoms with Crippen molar-refractivity contribution >= 4 is 28.9 Å². The Morgan fingerprint density at radius 3 is 3.08 bits per heavy atom. The van der Waals surface area contributed by atoms with Crippen LogP contribution in [0.25, 0.3) is 5.65 Å². The highest BCUT2D eigenvalue weighted by molar-refractivity contribution is 6.00.